The van der Waals surface area contributed by atoms with Gasteiger partial charge in [-0.1, -0.05) is 18.2 Å². The third kappa shape index (κ3) is 2.08. The van der Waals surface area contributed by atoms with Crippen molar-refractivity contribution in [2.45, 2.75) is 56.5 Å². The summed E-state index contributed by atoms with van der Waals surface area (Å²) in [6, 6.07) is 0. The molecule has 6 heteroatoms. The van der Waals surface area contributed by atoms with Gasteiger partial charge < -0.3 is 20.1 Å². The summed E-state index contributed by atoms with van der Waals surface area (Å²) >= 11 is 0. The average Bonchev–Trinajstić information content (AvgIpc) is 2.88. The van der Waals surface area contributed by atoms with Crippen LogP contribution in [0.15, 0.2) is 23.8 Å². The van der Waals surface area contributed by atoms with E-state index in [9.17, 15) is 24.9 Å². The molecule has 2 saturated carbocycles. The maximum atomic E-state index is 12.3. The fraction of sp³-hybridized carbons (Fsp3) is 0.684. The Balaban J connectivity index is 1.95. The molecule has 1 aliphatic heterocycles. The monoisotopic (exact) mass is 348 g/mol. The van der Waals surface area contributed by atoms with Crippen molar-refractivity contribution in [2.75, 3.05) is 0 Å². The summed E-state index contributed by atoms with van der Waals surface area (Å²) in [6.07, 6.45) is 0.0568. The number of rotatable bonds is 1. The molecule has 0 aromatic carbocycles. The Morgan fingerprint density at radius 2 is 2.00 bits per heavy atom. The minimum absolute atomic E-state index is 0.149. The molecule has 1 heterocycles. The van der Waals surface area contributed by atoms with E-state index in [2.05, 4.69) is 6.58 Å². The first-order valence-electron chi connectivity index (χ1n) is 8.80. The number of hydrogen-bond acceptors (Lipinski definition) is 6. The number of ether oxygens (including phenoxy) is 1. The molecule has 3 N–H and O–H groups in total. The van der Waals surface area contributed by atoms with Crippen LogP contribution in [0.1, 0.15) is 33.1 Å². The average molecular weight is 348 g/mol. The van der Waals surface area contributed by atoms with Crippen molar-refractivity contribution in [3.8, 4) is 0 Å². The molecule has 0 aromatic rings. The summed E-state index contributed by atoms with van der Waals surface area (Å²) in [5.74, 6) is -2.88. The van der Waals surface area contributed by atoms with Gasteiger partial charge in [0.25, 0.3) is 0 Å². The van der Waals surface area contributed by atoms with E-state index in [1.54, 1.807) is 19.9 Å². The number of aliphatic hydroxyl groups is 3. The summed E-state index contributed by atoms with van der Waals surface area (Å²) in [5.41, 5.74) is -1.86. The molecule has 0 spiro atoms. The maximum absolute atomic E-state index is 12.3. The molecule has 0 radical (unpaired) electrons. The fourth-order valence-electron chi connectivity index (χ4n) is 5.78. The summed E-state index contributed by atoms with van der Waals surface area (Å²) < 4.78 is 5.42. The Morgan fingerprint density at radius 1 is 1.32 bits per heavy atom. The molecular weight excluding hydrogens is 324 g/mol. The molecule has 4 rings (SSSR count). The lowest BCUT2D eigenvalue weighted by molar-refractivity contribution is -0.195. The van der Waals surface area contributed by atoms with Crippen molar-refractivity contribution in [3.63, 3.8) is 0 Å². The van der Waals surface area contributed by atoms with Crippen molar-refractivity contribution in [1.29, 1.82) is 0 Å². The summed E-state index contributed by atoms with van der Waals surface area (Å²) in [5, 5.41) is 33.5. The normalized spacial score (nSPS) is 51.3. The second kappa shape index (κ2) is 5.02. The maximum Gasteiger partial charge on any atom is 0.334 e. The third-order valence-electron chi connectivity index (χ3n) is 6.76. The Bertz CT molecular complexity index is 707. The van der Waals surface area contributed by atoms with Crippen LogP contribution in [0.4, 0.5) is 0 Å². The first kappa shape index (κ1) is 16.9. The van der Waals surface area contributed by atoms with Crippen LogP contribution in [-0.2, 0) is 14.3 Å². The largest absolute Gasteiger partial charge is 0.458 e. The standard InChI is InChI=1S/C19H24O6/c1-8(2)10-4-9(20)5-14(21)19(24)12(10)6-11-15-13(25-17(11)22)7-18(3,23)16(15)19/h6,10,12-16,21,23-24H,1,4-5,7H2,2-3H3. The van der Waals surface area contributed by atoms with Crippen LogP contribution >= 0.6 is 0 Å². The minimum Gasteiger partial charge on any atom is -0.458 e. The number of fused-ring (bicyclic) bond motifs is 2. The molecule has 4 aliphatic rings. The van der Waals surface area contributed by atoms with Gasteiger partial charge in [0, 0.05) is 42.6 Å². The van der Waals surface area contributed by atoms with Gasteiger partial charge in [0.1, 0.15) is 17.5 Å². The van der Waals surface area contributed by atoms with E-state index in [-0.39, 0.29) is 25.0 Å². The zero-order chi connectivity index (χ0) is 18.3. The van der Waals surface area contributed by atoms with E-state index < -0.39 is 53.1 Å². The lowest BCUT2D eigenvalue weighted by Gasteiger charge is -2.51. The van der Waals surface area contributed by atoms with Gasteiger partial charge >= 0.3 is 5.97 Å². The summed E-state index contributed by atoms with van der Waals surface area (Å²) in [7, 11) is 0. The van der Waals surface area contributed by atoms with E-state index in [1.807, 2.05) is 0 Å². The van der Waals surface area contributed by atoms with Gasteiger partial charge in [-0.05, 0) is 19.8 Å². The lowest BCUT2D eigenvalue weighted by atomic mass is 9.57. The lowest BCUT2D eigenvalue weighted by Crippen LogP contribution is -2.63. The molecule has 0 aromatic heterocycles. The molecule has 25 heavy (non-hydrogen) atoms. The highest BCUT2D eigenvalue weighted by atomic mass is 16.6. The predicted octanol–water partition coefficient (Wildman–Crippen LogP) is 0.502. The quantitative estimate of drug-likeness (QED) is 0.471. The Kier molecular flexibility index (Phi) is 3.40. The number of carbonyl (C=O) groups is 2. The SMILES string of the molecule is C=C(C)C1CC(=O)CC(O)C2(O)C1C=C1C(=O)OC3CC(C)(O)C2C13. The second-order valence-corrected chi connectivity index (χ2v) is 8.46. The smallest absolute Gasteiger partial charge is 0.334 e. The van der Waals surface area contributed by atoms with Crippen LogP contribution < -0.4 is 0 Å². The molecule has 3 aliphatic carbocycles. The van der Waals surface area contributed by atoms with Crippen LogP contribution in [-0.4, -0.2) is 50.5 Å². The Morgan fingerprint density at radius 3 is 2.64 bits per heavy atom. The highest BCUT2D eigenvalue weighted by Gasteiger charge is 2.70. The van der Waals surface area contributed by atoms with Crippen molar-refractivity contribution in [3.05, 3.63) is 23.8 Å². The predicted molar refractivity (Wildman–Crippen MR) is 87.2 cm³/mol. The van der Waals surface area contributed by atoms with E-state index in [1.165, 1.54) is 0 Å². The molecule has 0 bridgehead atoms. The third-order valence-corrected chi connectivity index (χ3v) is 6.76. The molecule has 8 atom stereocenters. The number of allylic oxidation sites excluding steroid dienone is 1. The van der Waals surface area contributed by atoms with Crippen LogP contribution in [0.2, 0.25) is 0 Å². The van der Waals surface area contributed by atoms with Crippen LogP contribution in [0.25, 0.3) is 0 Å². The summed E-state index contributed by atoms with van der Waals surface area (Å²) in [4.78, 5) is 24.6. The van der Waals surface area contributed by atoms with Gasteiger partial charge in [0.15, 0.2) is 0 Å². The Labute approximate surface area is 146 Å². The molecule has 8 unspecified atom stereocenters. The topological polar surface area (TPSA) is 104 Å². The zero-order valence-electron chi connectivity index (χ0n) is 14.4. The number of hydrogen-bond donors (Lipinski definition) is 3. The van der Waals surface area contributed by atoms with Gasteiger partial charge in [-0.3, -0.25) is 4.79 Å². The first-order valence-corrected chi connectivity index (χ1v) is 8.80. The van der Waals surface area contributed by atoms with E-state index in [4.69, 9.17) is 4.74 Å². The van der Waals surface area contributed by atoms with Crippen molar-refractivity contribution < 1.29 is 29.6 Å². The van der Waals surface area contributed by atoms with Crippen molar-refractivity contribution in [2.24, 2.45) is 23.7 Å². The van der Waals surface area contributed by atoms with E-state index in [0.29, 0.717) is 11.1 Å². The van der Waals surface area contributed by atoms with Crippen molar-refractivity contribution in [1.82, 2.24) is 0 Å². The molecule has 3 fully saturated rings. The molecular formula is C19H24O6. The highest BCUT2D eigenvalue weighted by molar-refractivity contribution is 5.92. The number of carbonyl (C=O) groups excluding carboxylic acids is 2. The second-order valence-electron chi connectivity index (χ2n) is 8.46. The zero-order valence-corrected chi connectivity index (χ0v) is 14.4. The van der Waals surface area contributed by atoms with Crippen LogP contribution in [0, 0.1) is 23.7 Å². The van der Waals surface area contributed by atoms with E-state index >= 15 is 0 Å². The molecule has 0 amide bonds. The summed E-state index contributed by atoms with van der Waals surface area (Å²) in [6.45, 7) is 7.34. The number of ketones is 1. The van der Waals surface area contributed by atoms with Crippen molar-refractivity contribution >= 4 is 11.8 Å². The van der Waals surface area contributed by atoms with Gasteiger partial charge in [-0.15, -0.1) is 0 Å². The van der Waals surface area contributed by atoms with Gasteiger partial charge in [0.05, 0.1) is 11.7 Å². The van der Waals surface area contributed by atoms with Crippen LogP contribution in [0.3, 0.4) is 0 Å². The minimum atomic E-state index is -1.71. The highest BCUT2D eigenvalue weighted by Crippen LogP contribution is 2.61. The fourth-order valence-corrected chi connectivity index (χ4v) is 5.78. The molecule has 136 valence electrons. The molecule has 1 saturated heterocycles. The number of aliphatic hydroxyl groups excluding tert-OH is 1. The van der Waals surface area contributed by atoms with Crippen LogP contribution in [0.5, 0.6) is 0 Å². The first-order chi connectivity index (χ1) is 11.6. The van der Waals surface area contributed by atoms with Gasteiger partial charge in [-0.25, -0.2) is 4.79 Å². The number of esters is 1. The van der Waals surface area contributed by atoms with Gasteiger partial charge in [-0.2, -0.15) is 0 Å². The Hall–Kier alpha value is -1.50. The van der Waals surface area contributed by atoms with E-state index in [0.717, 1.165) is 0 Å². The molecule has 6 nitrogen and oxygen atoms in total. The van der Waals surface area contributed by atoms with Gasteiger partial charge in [0.2, 0.25) is 0 Å². The number of Topliss-reactive ketones (excluding diaryl/α,β-unsaturated/α-hetero) is 1.